The highest BCUT2D eigenvalue weighted by Gasteiger charge is 2.22. The molecular formula is C24H33N3O5S. The summed E-state index contributed by atoms with van der Waals surface area (Å²) in [5.74, 6) is 0.292. The Morgan fingerprint density at radius 1 is 1.15 bits per heavy atom. The number of hydrogen-bond donors (Lipinski definition) is 1. The van der Waals surface area contributed by atoms with Gasteiger partial charge in [-0.05, 0) is 42.5 Å². The number of hydrogen-bond acceptors (Lipinski definition) is 5. The van der Waals surface area contributed by atoms with Crippen molar-refractivity contribution < 1.29 is 18.1 Å². The Morgan fingerprint density at radius 2 is 1.82 bits per heavy atom. The molecular weight excluding hydrogens is 442 g/mol. The minimum atomic E-state index is -3.70. The van der Waals surface area contributed by atoms with Gasteiger partial charge in [-0.3, -0.25) is 19.2 Å². The first kappa shape index (κ1) is 26.3. The van der Waals surface area contributed by atoms with Crippen molar-refractivity contribution in [1.82, 2.24) is 5.32 Å². The number of aryl methyl sites for hydroxylation is 1. The molecule has 2 aromatic carbocycles. The van der Waals surface area contributed by atoms with Crippen LogP contribution in [-0.4, -0.2) is 32.0 Å². The second-order valence-electron chi connectivity index (χ2n) is 8.32. The van der Waals surface area contributed by atoms with Crippen molar-refractivity contribution in [2.45, 2.75) is 53.0 Å². The van der Waals surface area contributed by atoms with Crippen molar-refractivity contribution in [3.05, 3.63) is 69.3 Å². The summed E-state index contributed by atoms with van der Waals surface area (Å²) in [6, 6.07) is 10.9. The predicted molar refractivity (Wildman–Crippen MR) is 131 cm³/mol. The number of nitrogens with one attached hydrogen (secondary N) is 1. The van der Waals surface area contributed by atoms with E-state index in [4.69, 9.17) is 0 Å². The number of unbranched alkanes of at least 4 members (excludes halogenated alkanes) is 1. The van der Waals surface area contributed by atoms with Crippen LogP contribution >= 0.6 is 0 Å². The first-order valence-corrected chi connectivity index (χ1v) is 13.0. The Bertz CT molecular complexity index is 1070. The first-order valence-electron chi connectivity index (χ1n) is 11.2. The van der Waals surface area contributed by atoms with E-state index in [-0.39, 0.29) is 23.8 Å². The number of nitro benzene ring substituents is 1. The van der Waals surface area contributed by atoms with Gasteiger partial charge in [0.15, 0.2) is 0 Å². The predicted octanol–water partition coefficient (Wildman–Crippen LogP) is 4.82. The lowest BCUT2D eigenvalue weighted by molar-refractivity contribution is -0.384. The topological polar surface area (TPSA) is 110 Å². The summed E-state index contributed by atoms with van der Waals surface area (Å²) in [7, 11) is -3.70. The third kappa shape index (κ3) is 7.56. The number of sulfonamides is 1. The van der Waals surface area contributed by atoms with Crippen LogP contribution in [0.25, 0.3) is 0 Å². The fraction of sp³-hybridized carbons (Fsp3) is 0.458. The zero-order chi connectivity index (χ0) is 24.6. The monoisotopic (exact) mass is 475 g/mol. The molecule has 0 saturated carbocycles. The van der Waals surface area contributed by atoms with E-state index in [1.54, 1.807) is 31.2 Å². The third-order valence-corrected chi connectivity index (χ3v) is 6.84. The molecule has 0 saturated heterocycles. The zero-order valence-corrected chi connectivity index (χ0v) is 20.5. The van der Waals surface area contributed by atoms with Crippen LogP contribution in [0.4, 0.5) is 11.4 Å². The summed E-state index contributed by atoms with van der Waals surface area (Å²) in [5, 5.41) is 14.1. The van der Waals surface area contributed by atoms with E-state index >= 15 is 0 Å². The SMILES string of the molecule is CCCC[C@H](CC)CNC(=O)c1ccc(CN(c2cc([N+](=O)[O-])ccc2C)S(C)(=O)=O)cc1. The first-order chi connectivity index (χ1) is 15.6. The number of carbonyl (C=O) groups excluding carboxylic acids is 1. The van der Waals surface area contributed by atoms with Gasteiger partial charge in [0, 0.05) is 24.2 Å². The van der Waals surface area contributed by atoms with Crippen LogP contribution in [0.5, 0.6) is 0 Å². The lowest BCUT2D eigenvalue weighted by Gasteiger charge is -2.24. The minimum Gasteiger partial charge on any atom is -0.352 e. The largest absolute Gasteiger partial charge is 0.352 e. The number of carbonyl (C=O) groups is 1. The molecule has 0 heterocycles. The van der Waals surface area contributed by atoms with E-state index in [1.165, 1.54) is 18.2 Å². The Kier molecular flexibility index (Phi) is 9.40. The molecule has 9 heteroatoms. The second kappa shape index (κ2) is 11.8. The number of amides is 1. The van der Waals surface area contributed by atoms with E-state index in [9.17, 15) is 23.3 Å². The minimum absolute atomic E-state index is 0.00231. The van der Waals surface area contributed by atoms with Crippen molar-refractivity contribution >= 4 is 27.3 Å². The summed E-state index contributed by atoms with van der Waals surface area (Å²) >= 11 is 0. The Balaban J connectivity index is 2.16. The van der Waals surface area contributed by atoms with Gasteiger partial charge < -0.3 is 5.32 Å². The highest BCUT2D eigenvalue weighted by atomic mass is 32.2. The number of rotatable bonds is 12. The van der Waals surface area contributed by atoms with Crippen LogP contribution in [-0.2, 0) is 16.6 Å². The maximum absolute atomic E-state index is 12.5. The van der Waals surface area contributed by atoms with Gasteiger partial charge in [-0.2, -0.15) is 0 Å². The number of nitrogens with zero attached hydrogens (tertiary/aromatic N) is 2. The van der Waals surface area contributed by atoms with Crippen molar-refractivity contribution in [1.29, 1.82) is 0 Å². The zero-order valence-electron chi connectivity index (χ0n) is 19.7. The van der Waals surface area contributed by atoms with Crippen LogP contribution in [0, 0.1) is 23.0 Å². The van der Waals surface area contributed by atoms with Gasteiger partial charge >= 0.3 is 0 Å². The highest BCUT2D eigenvalue weighted by molar-refractivity contribution is 7.92. The lowest BCUT2D eigenvalue weighted by Crippen LogP contribution is -2.30. The molecule has 1 N–H and O–H groups in total. The van der Waals surface area contributed by atoms with Gasteiger partial charge in [-0.15, -0.1) is 0 Å². The average molecular weight is 476 g/mol. The molecule has 2 aromatic rings. The van der Waals surface area contributed by atoms with Crippen molar-refractivity contribution in [3.8, 4) is 0 Å². The fourth-order valence-electron chi connectivity index (χ4n) is 3.57. The van der Waals surface area contributed by atoms with Crippen LogP contribution in [0.2, 0.25) is 0 Å². The summed E-state index contributed by atoms with van der Waals surface area (Å²) < 4.78 is 26.1. The molecule has 8 nitrogen and oxygen atoms in total. The van der Waals surface area contributed by atoms with Gasteiger partial charge in [0.1, 0.15) is 0 Å². The van der Waals surface area contributed by atoms with E-state index in [0.717, 1.165) is 36.2 Å². The Labute approximate surface area is 196 Å². The molecule has 1 atom stereocenters. The molecule has 0 radical (unpaired) electrons. The van der Waals surface area contributed by atoms with Gasteiger partial charge in [0.2, 0.25) is 10.0 Å². The maximum Gasteiger partial charge on any atom is 0.271 e. The standard InChI is InChI=1S/C24H33N3O5S/c1-5-7-8-19(6-2)16-25-24(28)21-12-10-20(11-13-21)17-26(33(4,31)32)23-15-22(27(29)30)14-9-18(23)3/h9-15,19H,5-8,16-17H2,1-4H3,(H,25,28)/t19-/m0/s1. The van der Waals surface area contributed by atoms with E-state index in [1.807, 2.05) is 0 Å². The van der Waals surface area contributed by atoms with E-state index in [2.05, 4.69) is 19.2 Å². The van der Waals surface area contributed by atoms with Crippen molar-refractivity contribution in [2.24, 2.45) is 5.92 Å². The molecule has 2 rings (SSSR count). The van der Waals surface area contributed by atoms with Crippen molar-refractivity contribution in [3.63, 3.8) is 0 Å². The molecule has 0 spiro atoms. The van der Waals surface area contributed by atoms with Crippen LogP contribution in [0.3, 0.4) is 0 Å². The van der Waals surface area contributed by atoms with Gasteiger partial charge in [0.05, 0.1) is 23.4 Å². The quantitative estimate of drug-likeness (QED) is 0.350. The van der Waals surface area contributed by atoms with Crippen LogP contribution < -0.4 is 9.62 Å². The lowest BCUT2D eigenvalue weighted by atomic mass is 9.99. The maximum atomic E-state index is 12.5. The molecule has 0 aliphatic carbocycles. The molecule has 0 aliphatic heterocycles. The van der Waals surface area contributed by atoms with Crippen molar-refractivity contribution in [2.75, 3.05) is 17.1 Å². The smallest absolute Gasteiger partial charge is 0.271 e. The Hall–Kier alpha value is -2.94. The number of benzene rings is 2. The normalized spacial score (nSPS) is 12.2. The molecule has 0 bridgehead atoms. The molecule has 0 unspecified atom stereocenters. The third-order valence-electron chi connectivity index (χ3n) is 5.71. The van der Waals surface area contributed by atoms with Gasteiger partial charge in [0.25, 0.3) is 11.6 Å². The van der Waals surface area contributed by atoms with Crippen LogP contribution in [0.15, 0.2) is 42.5 Å². The van der Waals surface area contributed by atoms with Crippen LogP contribution in [0.1, 0.15) is 61.0 Å². The average Bonchev–Trinajstić information content (AvgIpc) is 2.77. The molecule has 0 fully saturated rings. The summed E-state index contributed by atoms with van der Waals surface area (Å²) in [6.45, 7) is 6.60. The second-order valence-corrected chi connectivity index (χ2v) is 10.2. The molecule has 0 aromatic heterocycles. The van der Waals surface area contributed by atoms with E-state index < -0.39 is 14.9 Å². The highest BCUT2D eigenvalue weighted by Crippen LogP contribution is 2.29. The van der Waals surface area contributed by atoms with E-state index in [0.29, 0.717) is 29.2 Å². The number of anilines is 1. The molecule has 180 valence electrons. The molecule has 33 heavy (non-hydrogen) atoms. The number of nitro groups is 1. The Morgan fingerprint density at radius 3 is 2.36 bits per heavy atom. The summed E-state index contributed by atoms with van der Waals surface area (Å²) in [4.78, 5) is 23.1. The summed E-state index contributed by atoms with van der Waals surface area (Å²) in [5.41, 5.74) is 1.85. The molecule has 0 aliphatic rings. The molecule has 1 amide bonds. The number of non-ortho nitro benzene ring substituents is 1. The fourth-order valence-corrected chi connectivity index (χ4v) is 4.51. The van der Waals surface area contributed by atoms with Gasteiger partial charge in [-0.1, -0.05) is 51.3 Å². The van der Waals surface area contributed by atoms with Gasteiger partial charge in [-0.25, -0.2) is 8.42 Å². The summed E-state index contributed by atoms with van der Waals surface area (Å²) in [6.07, 6.45) is 5.44.